The van der Waals surface area contributed by atoms with E-state index in [9.17, 15) is 0 Å². The molecule has 1 fully saturated rings. The number of nitrogens with one attached hydrogen (secondary N) is 1. The number of benzene rings is 1. The highest BCUT2D eigenvalue weighted by Crippen LogP contribution is 2.34. The van der Waals surface area contributed by atoms with E-state index in [0.717, 1.165) is 6.54 Å². The zero-order chi connectivity index (χ0) is 12.0. The standard InChI is InChI=1S/C14H17BrN2/c1-14(6-3-7-16-14)10-4-5-13-11(8-10)12(15)9-17(13)2/h4-5,8-9,16H,3,6-7H2,1-2H3. The van der Waals surface area contributed by atoms with Gasteiger partial charge >= 0.3 is 0 Å². The average molecular weight is 293 g/mol. The lowest BCUT2D eigenvalue weighted by Gasteiger charge is -2.25. The summed E-state index contributed by atoms with van der Waals surface area (Å²) in [6, 6.07) is 6.80. The molecule has 1 aliphatic heterocycles. The van der Waals surface area contributed by atoms with E-state index < -0.39 is 0 Å². The van der Waals surface area contributed by atoms with Gasteiger partial charge in [0.15, 0.2) is 0 Å². The molecule has 3 rings (SSSR count). The van der Waals surface area contributed by atoms with Crippen LogP contribution in [0.5, 0.6) is 0 Å². The quantitative estimate of drug-likeness (QED) is 0.851. The minimum absolute atomic E-state index is 0.156. The Morgan fingerprint density at radius 1 is 1.41 bits per heavy atom. The van der Waals surface area contributed by atoms with E-state index in [1.54, 1.807) is 0 Å². The monoisotopic (exact) mass is 292 g/mol. The van der Waals surface area contributed by atoms with E-state index in [0.29, 0.717) is 0 Å². The number of aromatic nitrogens is 1. The topological polar surface area (TPSA) is 17.0 Å². The van der Waals surface area contributed by atoms with Gasteiger partial charge in [-0.05, 0) is 59.9 Å². The molecule has 2 aromatic rings. The third-order valence-corrected chi connectivity index (χ3v) is 4.58. The van der Waals surface area contributed by atoms with Crippen LogP contribution in [-0.2, 0) is 12.6 Å². The maximum Gasteiger partial charge on any atom is 0.0489 e. The van der Waals surface area contributed by atoms with Crippen LogP contribution in [0, 0.1) is 0 Å². The van der Waals surface area contributed by atoms with Gasteiger partial charge in [-0.25, -0.2) is 0 Å². The second-order valence-corrected chi connectivity index (χ2v) is 6.04. The van der Waals surface area contributed by atoms with Crippen LogP contribution in [-0.4, -0.2) is 11.1 Å². The number of fused-ring (bicyclic) bond motifs is 1. The average Bonchev–Trinajstić information content (AvgIpc) is 2.86. The van der Waals surface area contributed by atoms with Gasteiger partial charge in [0.1, 0.15) is 0 Å². The molecule has 0 aliphatic carbocycles. The highest BCUT2D eigenvalue weighted by atomic mass is 79.9. The fourth-order valence-electron chi connectivity index (χ4n) is 2.83. The Morgan fingerprint density at radius 2 is 2.24 bits per heavy atom. The van der Waals surface area contributed by atoms with E-state index in [1.807, 2.05) is 0 Å². The van der Waals surface area contributed by atoms with Crippen LogP contribution in [0.15, 0.2) is 28.9 Å². The summed E-state index contributed by atoms with van der Waals surface area (Å²) < 4.78 is 3.34. The molecular weight excluding hydrogens is 276 g/mol. The highest BCUT2D eigenvalue weighted by Gasteiger charge is 2.30. The molecule has 17 heavy (non-hydrogen) atoms. The summed E-state index contributed by atoms with van der Waals surface area (Å²) in [4.78, 5) is 0. The van der Waals surface area contributed by atoms with Crippen LogP contribution in [0.2, 0.25) is 0 Å². The van der Waals surface area contributed by atoms with E-state index in [4.69, 9.17) is 0 Å². The van der Waals surface area contributed by atoms with Gasteiger partial charge in [-0.15, -0.1) is 0 Å². The molecule has 1 unspecified atom stereocenters. The molecule has 0 amide bonds. The number of nitrogens with zero attached hydrogens (tertiary/aromatic N) is 1. The SMILES string of the molecule is Cn1cc(Br)c2cc(C3(C)CCCN3)ccc21. The lowest BCUT2D eigenvalue weighted by Crippen LogP contribution is -2.32. The molecule has 1 aliphatic rings. The molecule has 1 aromatic heterocycles. The predicted molar refractivity (Wildman–Crippen MR) is 75.2 cm³/mol. The second-order valence-electron chi connectivity index (χ2n) is 5.18. The Morgan fingerprint density at radius 3 is 2.94 bits per heavy atom. The molecule has 0 radical (unpaired) electrons. The largest absolute Gasteiger partial charge is 0.349 e. The Labute approximate surface area is 110 Å². The van der Waals surface area contributed by atoms with Crippen LogP contribution < -0.4 is 5.32 Å². The molecule has 2 nitrogen and oxygen atoms in total. The summed E-state index contributed by atoms with van der Waals surface area (Å²) in [6.45, 7) is 3.43. The molecule has 1 aromatic carbocycles. The summed E-state index contributed by atoms with van der Waals surface area (Å²) in [5, 5.41) is 4.92. The first-order chi connectivity index (χ1) is 8.10. The van der Waals surface area contributed by atoms with Crippen molar-refractivity contribution >= 4 is 26.8 Å². The third-order valence-electron chi connectivity index (χ3n) is 3.95. The first-order valence-electron chi connectivity index (χ1n) is 6.10. The summed E-state index contributed by atoms with van der Waals surface area (Å²) >= 11 is 3.64. The van der Waals surface area contributed by atoms with Gasteiger partial charge in [-0.3, -0.25) is 0 Å². The normalized spacial score (nSPS) is 24.6. The zero-order valence-electron chi connectivity index (χ0n) is 10.3. The molecule has 90 valence electrons. The summed E-state index contributed by atoms with van der Waals surface area (Å²) in [6.07, 6.45) is 4.62. The van der Waals surface area contributed by atoms with Gasteiger partial charge in [0, 0.05) is 34.2 Å². The van der Waals surface area contributed by atoms with Crippen molar-refractivity contribution in [3.05, 3.63) is 34.4 Å². The van der Waals surface area contributed by atoms with Crippen LogP contribution in [0.25, 0.3) is 10.9 Å². The van der Waals surface area contributed by atoms with Gasteiger partial charge in [0.2, 0.25) is 0 Å². The van der Waals surface area contributed by atoms with Crippen LogP contribution >= 0.6 is 15.9 Å². The van der Waals surface area contributed by atoms with Gasteiger partial charge in [-0.1, -0.05) is 6.07 Å². The first-order valence-corrected chi connectivity index (χ1v) is 6.89. The lowest BCUT2D eigenvalue weighted by molar-refractivity contribution is 0.435. The van der Waals surface area contributed by atoms with Crippen molar-refractivity contribution in [2.24, 2.45) is 7.05 Å². The van der Waals surface area contributed by atoms with Crippen molar-refractivity contribution in [3.63, 3.8) is 0 Å². The number of hydrogen-bond donors (Lipinski definition) is 1. The Kier molecular flexibility index (Phi) is 2.56. The first kappa shape index (κ1) is 11.3. The van der Waals surface area contributed by atoms with E-state index in [-0.39, 0.29) is 5.54 Å². The minimum Gasteiger partial charge on any atom is -0.349 e. The van der Waals surface area contributed by atoms with E-state index >= 15 is 0 Å². The van der Waals surface area contributed by atoms with Crippen LogP contribution in [0.1, 0.15) is 25.3 Å². The van der Waals surface area contributed by atoms with E-state index in [2.05, 4.69) is 64.2 Å². The smallest absolute Gasteiger partial charge is 0.0489 e. The maximum atomic E-state index is 3.64. The molecule has 3 heteroatoms. The van der Waals surface area contributed by atoms with Crippen LogP contribution in [0.3, 0.4) is 0 Å². The van der Waals surface area contributed by atoms with E-state index in [1.165, 1.54) is 33.8 Å². The maximum absolute atomic E-state index is 3.64. The number of halogens is 1. The van der Waals surface area contributed by atoms with Gasteiger partial charge in [0.05, 0.1) is 0 Å². The van der Waals surface area contributed by atoms with Crippen molar-refractivity contribution in [2.45, 2.75) is 25.3 Å². The number of aryl methyl sites for hydroxylation is 1. The highest BCUT2D eigenvalue weighted by molar-refractivity contribution is 9.10. The molecule has 0 bridgehead atoms. The third kappa shape index (κ3) is 1.72. The van der Waals surface area contributed by atoms with Crippen molar-refractivity contribution in [3.8, 4) is 0 Å². The molecule has 1 saturated heterocycles. The van der Waals surface area contributed by atoms with Crippen molar-refractivity contribution in [1.82, 2.24) is 9.88 Å². The fraction of sp³-hybridized carbons (Fsp3) is 0.429. The molecule has 2 heterocycles. The Balaban J connectivity index is 2.16. The Hall–Kier alpha value is -0.800. The van der Waals surface area contributed by atoms with Crippen molar-refractivity contribution in [2.75, 3.05) is 6.54 Å². The van der Waals surface area contributed by atoms with Gasteiger partial charge in [-0.2, -0.15) is 0 Å². The van der Waals surface area contributed by atoms with Gasteiger partial charge in [0.25, 0.3) is 0 Å². The van der Waals surface area contributed by atoms with Crippen molar-refractivity contribution in [1.29, 1.82) is 0 Å². The fourth-order valence-corrected chi connectivity index (χ4v) is 3.45. The van der Waals surface area contributed by atoms with Gasteiger partial charge < -0.3 is 9.88 Å². The molecular formula is C14H17BrN2. The van der Waals surface area contributed by atoms with Crippen LogP contribution in [0.4, 0.5) is 0 Å². The molecule has 0 spiro atoms. The molecule has 1 N–H and O–H groups in total. The number of rotatable bonds is 1. The zero-order valence-corrected chi connectivity index (χ0v) is 11.8. The van der Waals surface area contributed by atoms with Crippen molar-refractivity contribution < 1.29 is 0 Å². The molecule has 0 saturated carbocycles. The number of hydrogen-bond acceptors (Lipinski definition) is 1. The second kappa shape index (κ2) is 3.85. The summed E-state index contributed by atoms with van der Waals surface area (Å²) in [7, 11) is 2.09. The summed E-state index contributed by atoms with van der Waals surface area (Å²) in [5.74, 6) is 0. The molecule has 1 atom stereocenters. The lowest BCUT2D eigenvalue weighted by atomic mass is 9.90. The summed E-state index contributed by atoms with van der Waals surface area (Å²) in [5.41, 5.74) is 2.83. The predicted octanol–water partition coefficient (Wildman–Crippen LogP) is 3.54. The Bertz CT molecular complexity index is 565. The minimum atomic E-state index is 0.156.